The van der Waals surface area contributed by atoms with Crippen molar-refractivity contribution >= 4 is 12.1 Å². The molecule has 20 heavy (non-hydrogen) atoms. The predicted octanol–water partition coefficient (Wildman–Crippen LogP) is 0.958. The van der Waals surface area contributed by atoms with Gasteiger partial charge in [-0.25, -0.2) is 5.43 Å². The van der Waals surface area contributed by atoms with Gasteiger partial charge in [-0.15, -0.1) is 0 Å². The van der Waals surface area contributed by atoms with Gasteiger partial charge in [-0.3, -0.25) is 14.7 Å². The number of carbonyl (C=O) groups is 1. The van der Waals surface area contributed by atoms with Crippen LogP contribution in [0.3, 0.4) is 0 Å². The van der Waals surface area contributed by atoms with Crippen LogP contribution < -0.4 is 11.0 Å². The molecular formula is C14H16N4O2. The van der Waals surface area contributed by atoms with Gasteiger partial charge in [-0.1, -0.05) is 31.2 Å². The molecule has 1 aromatic carbocycles. The summed E-state index contributed by atoms with van der Waals surface area (Å²) in [5.74, 6) is -0.290. The highest BCUT2D eigenvalue weighted by atomic mass is 16.2. The summed E-state index contributed by atoms with van der Waals surface area (Å²) in [4.78, 5) is 22.4. The highest BCUT2D eigenvalue weighted by molar-refractivity contribution is 5.83. The number of hydrazone groups is 1. The Kier molecular flexibility index (Phi) is 4.49. The molecule has 1 amide bonds. The largest absolute Gasteiger partial charge is 0.302 e. The lowest BCUT2D eigenvalue weighted by Crippen LogP contribution is -2.20. The number of H-pyrrole nitrogens is 2. The normalized spacial score (nSPS) is 10.8. The van der Waals surface area contributed by atoms with E-state index in [2.05, 4.69) is 27.6 Å². The van der Waals surface area contributed by atoms with Gasteiger partial charge < -0.3 is 5.10 Å². The number of carbonyl (C=O) groups excluding carboxylic acids is 1. The summed E-state index contributed by atoms with van der Waals surface area (Å²) >= 11 is 0. The Hall–Kier alpha value is -2.63. The minimum atomic E-state index is -0.290. The van der Waals surface area contributed by atoms with E-state index in [1.807, 2.05) is 24.3 Å². The first kappa shape index (κ1) is 13.8. The van der Waals surface area contributed by atoms with Crippen molar-refractivity contribution in [3.63, 3.8) is 0 Å². The van der Waals surface area contributed by atoms with Crippen LogP contribution in [0.25, 0.3) is 0 Å². The second-order valence-corrected chi connectivity index (χ2v) is 4.35. The van der Waals surface area contributed by atoms with Crippen LogP contribution in [0, 0.1) is 0 Å². The Morgan fingerprint density at radius 3 is 2.65 bits per heavy atom. The predicted molar refractivity (Wildman–Crippen MR) is 76.7 cm³/mol. The molecule has 0 saturated carbocycles. The summed E-state index contributed by atoms with van der Waals surface area (Å²) in [5, 5.41) is 8.85. The highest BCUT2D eigenvalue weighted by Crippen LogP contribution is 2.02. The van der Waals surface area contributed by atoms with Gasteiger partial charge in [0.05, 0.1) is 12.6 Å². The molecule has 0 unspecified atom stereocenters. The summed E-state index contributed by atoms with van der Waals surface area (Å²) in [6.45, 7) is 2.09. The van der Waals surface area contributed by atoms with Crippen molar-refractivity contribution in [2.75, 3.05) is 0 Å². The zero-order valence-electron chi connectivity index (χ0n) is 11.1. The monoisotopic (exact) mass is 272 g/mol. The van der Waals surface area contributed by atoms with Crippen molar-refractivity contribution in [1.82, 2.24) is 15.6 Å². The van der Waals surface area contributed by atoms with E-state index in [4.69, 9.17) is 0 Å². The maximum absolute atomic E-state index is 11.6. The number of benzene rings is 1. The third kappa shape index (κ3) is 3.94. The van der Waals surface area contributed by atoms with Crippen LogP contribution in [-0.2, 0) is 17.6 Å². The molecule has 0 bridgehead atoms. The fourth-order valence-electron chi connectivity index (χ4n) is 1.70. The van der Waals surface area contributed by atoms with Gasteiger partial charge in [0.1, 0.15) is 0 Å². The molecule has 0 fully saturated rings. The van der Waals surface area contributed by atoms with Gasteiger partial charge in [-0.2, -0.15) is 5.10 Å². The minimum Gasteiger partial charge on any atom is -0.302 e. The van der Waals surface area contributed by atoms with E-state index in [1.165, 1.54) is 11.6 Å². The van der Waals surface area contributed by atoms with E-state index in [0.717, 1.165) is 12.0 Å². The molecule has 104 valence electrons. The van der Waals surface area contributed by atoms with Crippen LogP contribution in [0.2, 0.25) is 0 Å². The number of rotatable bonds is 5. The molecule has 0 aliphatic carbocycles. The second-order valence-electron chi connectivity index (χ2n) is 4.35. The van der Waals surface area contributed by atoms with Crippen LogP contribution >= 0.6 is 0 Å². The lowest BCUT2D eigenvalue weighted by atomic mass is 10.1. The van der Waals surface area contributed by atoms with E-state index in [1.54, 1.807) is 6.21 Å². The Morgan fingerprint density at radius 2 is 2.05 bits per heavy atom. The van der Waals surface area contributed by atoms with Crippen LogP contribution in [0.4, 0.5) is 0 Å². The quantitative estimate of drug-likeness (QED) is 0.559. The number of hydrogen-bond donors (Lipinski definition) is 3. The molecular weight excluding hydrogens is 256 g/mol. The van der Waals surface area contributed by atoms with Crippen molar-refractivity contribution in [2.45, 2.75) is 19.8 Å². The van der Waals surface area contributed by atoms with E-state index in [-0.39, 0.29) is 17.9 Å². The molecule has 1 aromatic heterocycles. The summed E-state index contributed by atoms with van der Waals surface area (Å²) in [6, 6.07) is 9.27. The van der Waals surface area contributed by atoms with Gasteiger partial charge in [-0.05, 0) is 17.5 Å². The third-order valence-corrected chi connectivity index (χ3v) is 2.79. The lowest BCUT2D eigenvalue weighted by molar-refractivity contribution is -0.120. The zero-order chi connectivity index (χ0) is 14.4. The fraction of sp³-hybridized carbons (Fsp3) is 0.214. The number of amides is 1. The SMILES string of the molecule is CCc1ccc(/C=N\NC(=O)Cc2cc(=O)[nH][nH]2)cc1. The first-order chi connectivity index (χ1) is 9.67. The van der Waals surface area contributed by atoms with E-state index < -0.39 is 0 Å². The van der Waals surface area contributed by atoms with Crippen molar-refractivity contribution in [3.05, 3.63) is 57.5 Å². The topological polar surface area (TPSA) is 90.1 Å². The highest BCUT2D eigenvalue weighted by Gasteiger charge is 2.03. The molecule has 1 heterocycles. The van der Waals surface area contributed by atoms with E-state index >= 15 is 0 Å². The number of aromatic nitrogens is 2. The molecule has 0 radical (unpaired) electrons. The number of hydrogen-bond acceptors (Lipinski definition) is 3. The van der Waals surface area contributed by atoms with Crippen LogP contribution in [0.15, 0.2) is 40.2 Å². The molecule has 2 aromatic rings. The Balaban J connectivity index is 1.85. The van der Waals surface area contributed by atoms with Crippen LogP contribution in [0.1, 0.15) is 23.7 Å². The molecule has 0 aliphatic heterocycles. The number of nitrogens with zero attached hydrogens (tertiary/aromatic N) is 1. The molecule has 6 nitrogen and oxygen atoms in total. The van der Waals surface area contributed by atoms with Crippen molar-refractivity contribution in [2.24, 2.45) is 5.10 Å². The first-order valence-electron chi connectivity index (χ1n) is 6.35. The number of aromatic amines is 2. The zero-order valence-corrected chi connectivity index (χ0v) is 11.1. The average Bonchev–Trinajstić information content (AvgIpc) is 2.85. The van der Waals surface area contributed by atoms with E-state index in [9.17, 15) is 9.59 Å². The van der Waals surface area contributed by atoms with Crippen molar-refractivity contribution < 1.29 is 4.79 Å². The summed E-state index contributed by atoms with van der Waals surface area (Å²) in [6.07, 6.45) is 2.64. The Morgan fingerprint density at radius 1 is 1.30 bits per heavy atom. The Labute approximate surface area is 115 Å². The maximum atomic E-state index is 11.6. The second kappa shape index (κ2) is 6.51. The fourth-order valence-corrected chi connectivity index (χ4v) is 1.70. The van der Waals surface area contributed by atoms with Crippen LogP contribution in [0.5, 0.6) is 0 Å². The third-order valence-electron chi connectivity index (χ3n) is 2.79. The molecule has 6 heteroatoms. The van der Waals surface area contributed by atoms with Crippen LogP contribution in [-0.4, -0.2) is 22.3 Å². The summed E-state index contributed by atoms with van der Waals surface area (Å²) in [7, 11) is 0. The number of aryl methyl sites for hydroxylation is 1. The molecule has 0 saturated heterocycles. The van der Waals surface area contributed by atoms with Gasteiger partial charge in [0, 0.05) is 11.8 Å². The van der Waals surface area contributed by atoms with E-state index in [0.29, 0.717) is 5.69 Å². The van der Waals surface area contributed by atoms with Crippen molar-refractivity contribution in [1.29, 1.82) is 0 Å². The van der Waals surface area contributed by atoms with Gasteiger partial charge >= 0.3 is 0 Å². The summed E-state index contributed by atoms with van der Waals surface area (Å²) < 4.78 is 0. The average molecular weight is 272 g/mol. The molecule has 0 spiro atoms. The van der Waals surface area contributed by atoms with Crippen molar-refractivity contribution in [3.8, 4) is 0 Å². The van der Waals surface area contributed by atoms with Gasteiger partial charge in [0.2, 0.25) is 5.91 Å². The molecule has 2 rings (SSSR count). The molecule has 0 atom stereocenters. The maximum Gasteiger partial charge on any atom is 0.264 e. The number of nitrogens with one attached hydrogen (secondary N) is 3. The summed E-state index contributed by atoms with van der Waals surface area (Å²) in [5.41, 5.74) is 4.84. The standard InChI is InChI=1S/C14H16N4O2/c1-2-10-3-5-11(6-4-10)9-15-17-13(19)7-12-8-14(20)18-16-12/h3-6,8-9H,2,7H2,1H3,(H,17,19)(H2,16,18,20)/b15-9-. The van der Waals surface area contributed by atoms with Gasteiger partial charge in [0.15, 0.2) is 0 Å². The smallest absolute Gasteiger partial charge is 0.264 e. The minimum absolute atomic E-state index is 0.0743. The first-order valence-corrected chi connectivity index (χ1v) is 6.35. The van der Waals surface area contributed by atoms with Gasteiger partial charge in [0.25, 0.3) is 5.56 Å². The lowest BCUT2D eigenvalue weighted by Gasteiger charge is -1.98. The molecule has 3 N–H and O–H groups in total. The Bertz CT molecular complexity index is 652. The molecule has 0 aliphatic rings.